The second kappa shape index (κ2) is 7.37. The van der Waals surface area contributed by atoms with Crippen LogP contribution in [0.15, 0.2) is 18.2 Å². The molecule has 0 radical (unpaired) electrons. The molecule has 1 rings (SSSR count). The molecule has 106 valence electrons. The highest BCUT2D eigenvalue weighted by atomic mass is 32.2. The third-order valence-corrected chi connectivity index (χ3v) is 3.93. The van der Waals surface area contributed by atoms with Gasteiger partial charge in [-0.3, -0.25) is 4.79 Å². The predicted molar refractivity (Wildman–Crippen MR) is 79.2 cm³/mol. The molecule has 1 amide bonds. The number of hydrogen-bond acceptors (Lipinski definition) is 5. The van der Waals surface area contributed by atoms with Gasteiger partial charge < -0.3 is 21.3 Å². The molecule has 1 aromatic rings. The number of aliphatic hydroxyl groups is 2. The van der Waals surface area contributed by atoms with E-state index in [2.05, 4.69) is 5.32 Å². The number of aliphatic hydroxyl groups excluding tert-OH is 2. The lowest BCUT2D eigenvalue weighted by molar-refractivity contribution is -0.115. The number of nitrogens with one attached hydrogen (secondary N) is 1. The number of nitrogen functional groups attached to an aromatic ring is 1. The standard InChI is InChI=1S/C13H20N2O3S/c1-8-3-4-10(14)5-12(8)15-13(18)9(2)19-7-11(17)6-16/h3-5,9,11,16-17H,6-7,14H2,1-2H3,(H,15,18). The molecular formula is C13H20N2O3S. The van der Waals surface area contributed by atoms with Gasteiger partial charge in [0.1, 0.15) is 0 Å². The Bertz CT molecular complexity index is 440. The van der Waals surface area contributed by atoms with E-state index in [0.717, 1.165) is 5.56 Å². The first-order valence-electron chi connectivity index (χ1n) is 6.01. The number of benzene rings is 1. The lowest BCUT2D eigenvalue weighted by Crippen LogP contribution is -2.25. The quantitative estimate of drug-likeness (QED) is 0.584. The summed E-state index contributed by atoms with van der Waals surface area (Å²) in [5, 5.41) is 20.4. The van der Waals surface area contributed by atoms with E-state index >= 15 is 0 Å². The molecule has 1 aromatic carbocycles. The summed E-state index contributed by atoms with van der Waals surface area (Å²) in [6.07, 6.45) is -0.797. The Hall–Kier alpha value is -1.24. The number of thioether (sulfide) groups is 1. The zero-order chi connectivity index (χ0) is 14.4. The fraction of sp³-hybridized carbons (Fsp3) is 0.462. The van der Waals surface area contributed by atoms with Crippen LogP contribution in [0, 0.1) is 6.92 Å². The first-order chi connectivity index (χ1) is 8.93. The summed E-state index contributed by atoms with van der Waals surface area (Å²) in [6, 6.07) is 5.34. The van der Waals surface area contributed by atoms with Crippen LogP contribution in [0.1, 0.15) is 12.5 Å². The van der Waals surface area contributed by atoms with Crippen molar-refractivity contribution >= 4 is 29.0 Å². The summed E-state index contributed by atoms with van der Waals surface area (Å²) in [4.78, 5) is 12.0. The van der Waals surface area contributed by atoms with Crippen molar-refractivity contribution in [2.45, 2.75) is 25.2 Å². The highest BCUT2D eigenvalue weighted by Gasteiger charge is 2.16. The third kappa shape index (κ3) is 5.10. The molecule has 0 saturated heterocycles. The Kier molecular flexibility index (Phi) is 6.14. The third-order valence-electron chi connectivity index (χ3n) is 2.64. The Balaban J connectivity index is 2.56. The largest absolute Gasteiger partial charge is 0.399 e. The van der Waals surface area contributed by atoms with Crippen LogP contribution in [-0.4, -0.2) is 39.8 Å². The molecule has 0 heterocycles. The van der Waals surface area contributed by atoms with Crippen LogP contribution in [0.3, 0.4) is 0 Å². The van der Waals surface area contributed by atoms with Crippen molar-refractivity contribution in [2.24, 2.45) is 0 Å². The molecule has 5 N–H and O–H groups in total. The zero-order valence-corrected chi connectivity index (χ0v) is 11.9. The molecule has 19 heavy (non-hydrogen) atoms. The maximum absolute atomic E-state index is 12.0. The number of hydrogen-bond donors (Lipinski definition) is 4. The molecule has 0 aliphatic carbocycles. The number of aryl methyl sites for hydroxylation is 1. The van der Waals surface area contributed by atoms with Crippen molar-refractivity contribution < 1.29 is 15.0 Å². The molecular weight excluding hydrogens is 264 g/mol. The van der Waals surface area contributed by atoms with Crippen molar-refractivity contribution in [3.8, 4) is 0 Å². The molecule has 2 atom stereocenters. The van der Waals surface area contributed by atoms with Crippen molar-refractivity contribution in [1.29, 1.82) is 0 Å². The maximum atomic E-state index is 12.0. The van der Waals surface area contributed by atoms with Crippen LogP contribution in [0.4, 0.5) is 11.4 Å². The van der Waals surface area contributed by atoms with Crippen molar-refractivity contribution in [2.75, 3.05) is 23.4 Å². The highest BCUT2D eigenvalue weighted by molar-refractivity contribution is 8.00. The van der Waals surface area contributed by atoms with Gasteiger partial charge in [0.15, 0.2) is 0 Å². The number of amides is 1. The number of nitrogens with two attached hydrogens (primary N) is 1. The summed E-state index contributed by atoms with van der Waals surface area (Å²) >= 11 is 1.29. The SMILES string of the molecule is Cc1ccc(N)cc1NC(=O)C(C)SCC(O)CO. The molecule has 6 heteroatoms. The van der Waals surface area contributed by atoms with Crippen molar-refractivity contribution in [3.05, 3.63) is 23.8 Å². The first-order valence-corrected chi connectivity index (χ1v) is 7.06. The van der Waals surface area contributed by atoms with Gasteiger partial charge in [-0.15, -0.1) is 11.8 Å². The van der Waals surface area contributed by atoms with Crippen LogP contribution in [-0.2, 0) is 4.79 Å². The van der Waals surface area contributed by atoms with E-state index in [0.29, 0.717) is 17.1 Å². The molecule has 0 bridgehead atoms. The second-order valence-corrected chi connectivity index (χ2v) is 5.75. The number of anilines is 2. The van der Waals surface area contributed by atoms with Gasteiger partial charge >= 0.3 is 0 Å². The van der Waals surface area contributed by atoms with Gasteiger partial charge in [0.2, 0.25) is 5.91 Å². The van der Waals surface area contributed by atoms with Gasteiger partial charge in [-0.25, -0.2) is 0 Å². The number of carbonyl (C=O) groups excluding carboxylic acids is 1. The second-order valence-electron chi connectivity index (χ2n) is 4.38. The number of rotatable bonds is 6. The predicted octanol–water partition coefficient (Wildman–Crippen LogP) is 0.991. The first kappa shape index (κ1) is 15.8. The van der Waals surface area contributed by atoms with E-state index < -0.39 is 6.10 Å². The Morgan fingerprint density at radius 2 is 2.21 bits per heavy atom. The van der Waals surface area contributed by atoms with Crippen molar-refractivity contribution in [1.82, 2.24) is 0 Å². The Morgan fingerprint density at radius 3 is 2.84 bits per heavy atom. The van der Waals surface area contributed by atoms with E-state index in [4.69, 9.17) is 10.8 Å². The van der Waals surface area contributed by atoms with Gasteiger partial charge in [-0.2, -0.15) is 0 Å². The van der Waals surface area contributed by atoms with Gasteiger partial charge in [0.25, 0.3) is 0 Å². The molecule has 0 aromatic heterocycles. The fourth-order valence-corrected chi connectivity index (χ4v) is 2.22. The average Bonchev–Trinajstić information content (AvgIpc) is 2.39. The maximum Gasteiger partial charge on any atom is 0.237 e. The molecule has 2 unspecified atom stereocenters. The minimum absolute atomic E-state index is 0.149. The van der Waals surface area contributed by atoms with Crippen molar-refractivity contribution in [3.63, 3.8) is 0 Å². The molecule has 0 saturated carbocycles. The smallest absolute Gasteiger partial charge is 0.237 e. The van der Waals surface area contributed by atoms with Crippen LogP contribution in [0.25, 0.3) is 0 Å². The normalized spacial score (nSPS) is 13.9. The summed E-state index contributed by atoms with van der Waals surface area (Å²) < 4.78 is 0. The molecule has 5 nitrogen and oxygen atoms in total. The van der Waals surface area contributed by atoms with Gasteiger partial charge in [0, 0.05) is 17.1 Å². The van der Waals surface area contributed by atoms with E-state index in [1.807, 2.05) is 13.0 Å². The monoisotopic (exact) mass is 284 g/mol. The Morgan fingerprint density at radius 1 is 1.53 bits per heavy atom. The van der Waals surface area contributed by atoms with Crippen LogP contribution >= 0.6 is 11.8 Å². The van der Waals surface area contributed by atoms with Crippen LogP contribution in [0.5, 0.6) is 0 Å². The average molecular weight is 284 g/mol. The fourth-order valence-electron chi connectivity index (χ4n) is 1.39. The van der Waals surface area contributed by atoms with E-state index in [1.165, 1.54) is 11.8 Å². The summed E-state index contributed by atoms with van der Waals surface area (Å²) in [5.74, 6) is 0.171. The minimum Gasteiger partial charge on any atom is -0.399 e. The summed E-state index contributed by atoms with van der Waals surface area (Å²) in [5.41, 5.74) is 7.91. The Labute approximate surface area is 117 Å². The lowest BCUT2D eigenvalue weighted by Gasteiger charge is -2.15. The minimum atomic E-state index is -0.797. The van der Waals surface area contributed by atoms with E-state index in [1.54, 1.807) is 19.1 Å². The molecule has 0 aliphatic rings. The molecule has 0 aliphatic heterocycles. The lowest BCUT2D eigenvalue weighted by atomic mass is 10.2. The van der Waals surface area contributed by atoms with E-state index in [9.17, 15) is 9.90 Å². The summed E-state index contributed by atoms with van der Waals surface area (Å²) in [6.45, 7) is 3.35. The van der Waals surface area contributed by atoms with Gasteiger partial charge in [-0.1, -0.05) is 6.07 Å². The van der Waals surface area contributed by atoms with Gasteiger partial charge in [0.05, 0.1) is 18.0 Å². The van der Waals surface area contributed by atoms with Crippen LogP contribution in [0.2, 0.25) is 0 Å². The topological polar surface area (TPSA) is 95.6 Å². The number of carbonyl (C=O) groups is 1. The van der Waals surface area contributed by atoms with Gasteiger partial charge in [-0.05, 0) is 31.5 Å². The zero-order valence-electron chi connectivity index (χ0n) is 11.1. The molecule has 0 spiro atoms. The summed E-state index contributed by atoms with van der Waals surface area (Å²) in [7, 11) is 0. The van der Waals surface area contributed by atoms with E-state index in [-0.39, 0.29) is 17.8 Å². The van der Waals surface area contributed by atoms with Crippen LogP contribution < -0.4 is 11.1 Å². The molecule has 0 fully saturated rings. The highest BCUT2D eigenvalue weighted by Crippen LogP contribution is 2.20.